The van der Waals surface area contributed by atoms with E-state index in [1.165, 1.54) is 0 Å². The van der Waals surface area contributed by atoms with Crippen LogP contribution in [-0.4, -0.2) is 25.2 Å². The van der Waals surface area contributed by atoms with E-state index in [1.54, 1.807) is 6.20 Å². The van der Waals surface area contributed by atoms with Crippen LogP contribution in [0.4, 0.5) is 0 Å². The SMILES string of the molecule is CNCCc1cnc(C2CCCO2)o1. The van der Waals surface area contributed by atoms with E-state index in [4.69, 9.17) is 9.15 Å². The van der Waals surface area contributed by atoms with Crippen molar-refractivity contribution in [3.05, 3.63) is 17.8 Å². The summed E-state index contributed by atoms with van der Waals surface area (Å²) in [6.45, 7) is 1.75. The first-order chi connectivity index (χ1) is 6.90. The minimum atomic E-state index is 0.0957. The smallest absolute Gasteiger partial charge is 0.223 e. The lowest BCUT2D eigenvalue weighted by Crippen LogP contribution is -2.09. The zero-order valence-electron chi connectivity index (χ0n) is 8.45. The predicted octanol–water partition coefficient (Wildman–Crippen LogP) is 1.29. The Kier molecular flexibility index (Phi) is 3.16. The van der Waals surface area contributed by atoms with Crippen LogP contribution in [0, 0.1) is 0 Å². The molecule has 4 nitrogen and oxygen atoms in total. The quantitative estimate of drug-likeness (QED) is 0.788. The molecule has 2 rings (SSSR count). The number of oxazole rings is 1. The number of aromatic nitrogens is 1. The molecule has 14 heavy (non-hydrogen) atoms. The van der Waals surface area contributed by atoms with Crippen LogP contribution in [0.1, 0.15) is 30.6 Å². The summed E-state index contributed by atoms with van der Waals surface area (Å²) in [5.74, 6) is 1.68. The maximum atomic E-state index is 5.59. The highest BCUT2D eigenvalue weighted by molar-refractivity contribution is 4.98. The summed E-state index contributed by atoms with van der Waals surface area (Å²) in [6.07, 6.45) is 4.92. The van der Waals surface area contributed by atoms with Crippen molar-refractivity contribution in [2.45, 2.75) is 25.4 Å². The van der Waals surface area contributed by atoms with Crippen LogP contribution < -0.4 is 5.32 Å². The molecule has 1 aromatic rings. The molecule has 0 amide bonds. The second-order valence-electron chi connectivity index (χ2n) is 3.52. The molecule has 2 heterocycles. The third kappa shape index (κ3) is 2.13. The summed E-state index contributed by atoms with van der Waals surface area (Å²) >= 11 is 0. The van der Waals surface area contributed by atoms with Gasteiger partial charge in [-0.3, -0.25) is 0 Å². The van der Waals surface area contributed by atoms with Crippen molar-refractivity contribution in [2.75, 3.05) is 20.2 Å². The molecule has 0 bridgehead atoms. The molecule has 1 N–H and O–H groups in total. The number of ether oxygens (including phenoxy) is 1. The Morgan fingerprint density at radius 2 is 2.57 bits per heavy atom. The Hall–Kier alpha value is -0.870. The van der Waals surface area contributed by atoms with Crippen LogP contribution in [-0.2, 0) is 11.2 Å². The van der Waals surface area contributed by atoms with Gasteiger partial charge in [0, 0.05) is 19.6 Å². The number of hydrogen-bond donors (Lipinski definition) is 1. The molecule has 4 heteroatoms. The Labute approximate surface area is 83.7 Å². The molecule has 0 aromatic carbocycles. The van der Waals surface area contributed by atoms with Crippen molar-refractivity contribution in [3.8, 4) is 0 Å². The lowest BCUT2D eigenvalue weighted by Gasteiger charge is -2.02. The molecule has 1 aliphatic rings. The maximum Gasteiger partial charge on any atom is 0.223 e. The van der Waals surface area contributed by atoms with Crippen LogP contribution in [0.25, 0.3) is 0 Å². The third-order valence-electron chi connectivity index (χ3n) is 2.40. The van der Waals surface area contributed by atoms with Gasteiger partial charge in [-0.1, -0.05) is 0 Å². The Morgan fingerprint density at radius 3 is 3.29 bits per heavy atom. The summed E-state index contributed by atoms with van der Waals surface area (Å²) in [6, 6.07) is 0. The normalized spacial score (nSPS) is 21.6. The fourth-order valence-electron chi connectivity index (χ4n) is 1.61. The van der Waals surface area contributed by atoms with Crippen LogP contribution in [0.5, 0.6) is 0 Å². The minimum absolute atomic E-state index is 0.0957. The van der Waals surface area contributed by atoms with Crippen molar-refractivity contribution in [1.29, 1.82) is 0 Å². The van der Waals surface area contributed by atoms with E-state index >= 15 is 0 Å². The summed E-state index contributed by atoms with van der Waals surface area (Å²) in [4.78, 5) is 4.23. The first kappa shape index (κ1) is 9.68. The van der Waals surface area contributed by atoms with Gasteiger partial charge in [-0.05, 0) is 19.9 Å². The van der Waals surface area contributed by atoms with Gasteiger partial charge in [0.05, 0.1) is 6.20 Å². The number of nitrogens with zero attached hydrogens (tertiary/aromatic N) is 1. The van der Waals surface area contributed by atoms with Crippen molar-refractivity contribution < 1.29 is 9.15 Å². The van der Waals surface area contributed by atoms with Gasteiger partial charge in [-0.2, -0.15) is 0 Å². The second-order valence-corrected chi connectivity index (χ2v) is 3.52. The number of hydrogen-bond acceptors (Lipinski definition) is 4. The van der Waals surface area contributed by atoms with Gasteiger partial charge in [0.1, 0.15) is 11.9 Å². The molecular weight excluding hydrogens is 180 g/mol. The van der Waals surface area contributed by atoms with E-state index in [2.05, 4.69) is 10.3 Å². The zero-order chi connectivity index (χ0) is 9.80. The van der Waals surface area contributed by atoms with Crippen LogP contribution in [0.2, 0.25) is 0 Å². The van der Waals surface area contributed by atoms with Gasteiger partial charge < -0.3 is 14.5 Å². The summed E-state index contributed by atoms with van der Waals surface area (Å²) in [5.41, 5.74) is 0. The average molecular weight is 196 g/mol. The molecule has 0 radical (unpaired) electrons. The summed E-state index contributed by atoms with van der Waals surface area (Å²) in [5, 5.41) is 3.08. The van der Waals surface area contributed by atoms with Gasteiger partial charge >= 0.3 is 0 Å². The van der Waals surface area contributed by atoms with E-state index in [0.29, 0.717) is 0 Å². The molecule has 1 fully saturated rings. The maximum absolute atomic E-state index is 5.59. The number of likely N-dealkylation sites (N-methyl/N-ethyl adjacent to an activating group) is 1. The third-order valence-corrected chi connectivity index (χ3v) is 2.40. The van der Waals surface area contributed by atoms with Gasteiger partial charge in [0.2, 0.25) is 5.89 Å². The first-order valence-electron chi connectivity index (χ1n) is 5.11. The molecule has 1 aromatic heterocycles. The van der Waals surface area contributed by atoms with Crippen LogP contribution in [0.3, 0.4) is 0 Å². The largest absolute Gasteiger partial charge is 0.443 e. The number of rotatable bonds is 4. The fourth-order valence-corrected chi connectivity index (χ4v) is 1.61. The standard InChI is InChI=1S/C10H16N2O2/c1-11-5-4-8-7-12-10(14-8)9-3-2-6-13-9/h7,9,11H,2-6H2,1H3. The van der Waals surface area contributed by atoms with Crippen LogP contribution in [0.15, 0.2) is 10.6 Å². The van der Waals surface area contributed by atoms with Crippen LogP contribution >= 0.6 is 0 Å². The van der Waals surface area contributed by atoms with E-state index in [1.807, 2.05) is 7.05 Å². The van der Waals surface area contributed by atoms with Crippen molar-refractivity contribution >= 4 is 0 Å². The highest BCUT2D eigenvalue weighted by Crippen LogP contribution is 2.27. The fraction of sp³-hybridized carbons (Fsp3) is 0.700. The van der Waals surface area contributed by atoms with E-state index < -0.39 is 0 Å². The molecule has 78 valence electrons. The van der Waals surface area contributed by atoms with Crippen molar-refractivity contribution in [1.82, 2.24) is 10.3 Å². The van der Waals surface area contributed by atoms with E-state index in [9.17, 15) is 0 Å². The monoisotopic (exact) mass is 196 g/mol. The Balaban J connectivity index is 1.94. The highest BCUT2D eigenvalue weighted by atomic mass is 16.5. The summed E-state index contributed by atoms with van der Waals surface area (Å²) < 4.78 is 11.1. The Morgan fingerprint density at radius 1 is 1.64 bits per heavy atom. The average Bonchev–Trinajstić information content (AvgIpc) is 2.85. The zero-order valence-corrected chi connectivity index (χ0v) is 8.45. The van der Waals surface area contributed by atoms with Crippen molar-refractivity contribution in [2.24, 2.45) is 0 Å². The minimum Gasteiger partial charge on any atom is -0.443 e. The molecule has 1 saturated heterocycles. The molecule has 1 aliphatic heterocycles. The first-order valence-corrected chi connectivity index (χ1v) is 5.11. The molecule has 0 saturated carbocycles. The summed E-state index contributed by atoms with van der Waals surface area (Å²) in [7, 11) is 1.93. The second kappa shape index (κ2) is 4.57. The van der Waals surface area contributed by atoms with Gasteiger partial charge in [0.15, 0.2) is 0 Å². The molecule has 0 aliphatic carbocycles. The molecule has 1 unspecified atom stereocenters. The highest BCUT2D eigenvalue weighted by Gasteiger charge is 2.22. The molecular formula is C10H16N2O2. The van der Waals surface area contributed by atoms with Gasteiger partial charge in [-0.15, -0.1) is 0 Å². The van der Waals surface area contributed by atoms with Crippen molar-refractivity contribution in [3.63, 3.8) is 0 Å². The van der Waals surface area contributed by atoms with Gasteiger partial charge in [0.25, 0.3) is 0 Å². The lowest BCUT2D eigenvalue weighted by molar-refractivity contribution is 0.0881. The topological polar surface area (TPSA) is 47.3 Å². The van der Waals surface area contributed by atoms with E-state index in [-0.39, 0.29) is 6.10 Å². The lowest BCUT2D eigenvalue weighted by atomic mass is 10.2. The molecule has 1 atom stereocenters. The molecule has 0 spiro atoms. The predicted molar refractivity (Wildman–Crippen MR) is 52.1 cm³/mol. The number of nitrogens with one attached hydrogen (secondary N) is 1. The van der Waals surface area contributed by atoms with Gasteiger partial charge in [-0.25, -0.2) is 4.98 Å². The van der Waals surface area contributed by atoms with E-state index in [0.717, 1.165) is 44.1 Å². The Bertz CT molecular complexity index is 279.